The van der Waals surface area contributed by atoms with E-state index in [1.54, 1.807) is 18.2 Å². The number of rotatable bonds is 6. The molecule has 0 saturated heterocycles. The number of nitrogens with zero attached hydrogens (tertiary/aromatic N) is 2. The maximum absolute atomic E-state index is 12.6. The van der Waals surface area contributed by atoms with Crippen LogP contribution in [0.1, 0.15) is 22.8 Å². The number of hydrogen-bond donors (Lipinski definition) is 1. The van der Waals surface area contributed by atoms with Crippen molar-refractivity contribution in [2.45, 2.75) is 25.3 Å². The number of thiazole rings is 1. The van der Waals surface area contributed by atoms with Gasteiger partial charge in [0.2, 0.25) is 10.0 Å². The first-order valence-electron chi connectivity index (χ1n) is 8.69. The molecule has 0 aliphatic heterocycles. The third-order valence-electron chi connectivity index (χ3n) is 4.14. The highest BCUT2D eigenvalue weighted by molar-refractivity contribution is 7.89. The Kier molecular flexibility index (Phi) is 6.09. The smallest absolute Gasteiger partial charge is 0.279 e. The van der Waals surface area contributed by atoms with Crippen LogP contribution in [-0.4, -0.2) is 32.1 Å². The molecule has 0 aliphatic carbocycles. The molecule has 0 fully saturated rings. The molecule has 28 heavy (non-hydrogen) atoms. The Hall–Kier alpha value is -2.33. The molecule has 0 radical (unpaired) electrons. The topological polar surface area (TPSA) is 104 Å². The number of fused-ring (bicyclic) bond motifs is 1. The number of carbonyl (C=O) groups excluding carboxylic acids is 1. The van der Waals surface area contributed by atoms with Crippen molar-refractivity contribution in [3.63, 3.8) is 0 Å². The Balaban J connectivity index is 2.11. The Labute approximate surface area is 167 Å². The number of benzene rings is 2. The second-order valence-corrected chi connectivity index (χ2v) is 8.76. The predicted molar refractivity (Wildman–Crippen MR) is 109 cm³/mol. The van der Waals surface area contributed by atoms with Gasteiger partial charge in [0, 0.05) is 18.7 Å². The second kappa shape index (κ2) is 8.36. The Morgan fingerprint density at radius 1 is 1.21 bits per heavy atom. The van der Waals surface area contributed by atoms with Crippen molar-refractivity contribution >= 4 is 37.5 Å². The van der Waals surface area contributed by atoms with Gasteiger partial charge in [-0.1, -0.05) is 29.0 Å². The minimum Gasteiger partial charge on any atom is -0.380 e. The highest BCUT2D eigenvalue weighted by Gasteiger charge is 2.13. The zero-order chi connectivity index (χ0) is 20.3. The molecule has 9 heteroatoms. The van der Waals surface area contributed by atoms with Crippen LogP contribution in [0, 0.1) is 6.92 Å². The number of aromatic nitrogens is 1. The number of sulfonamides is 1. The molecule has 0 atom stereocenters. The largest absolute Gasteiger partial charge is 0.380 e. The standard InChI is InChI=1S/C19H21N3O4S2/c1-3-26-11-10-22-16-9-8-15(28(20,24)25)12-17(16)27-19(22)21-18(23)14-6-4-13(2)5-7-14/h4-9,12H,3,10-11H2,1-2H3,(H2,20,24,25). The van der Waals surface area contributed by atoms with Gasteiger partial charge in [-0.2, -0.15) is 4.99 Å². The van der Waals surface area contributed by atoms with Crippen LogP contribution < -0.4 is 9.94 Å². The summed E-state index contributed by atoms with van der Waals surface area (Å²) in [6.45, 7) is 5.36. The summed E-state index contributed by atoms with van der Waals surface area (Å²) in [5, 5.41) is 5.23. The molecule has 1 amide bonds. The molecule has 7 nitrogen and oxygen atoms in total. The van der Waals surface area contributed by atoms with Crippen molar-refractivity contribution in [2.75, 3.05) is 13.2 Å². The lowest BCUT2D eigenvalue weighted by Crippen LogP contribution is -2.19. The molecule has 1 aromatic heterocycles. The average molecular weight is 420 g/mol. The average Bonchev–Trinajstić information content (AvgIpc) is 2.98. The molecule has 0 aliphatic rings. The van der Waals surface area contributed by atoms with Gasteiger partial charge in [-0.25, -0.2) is 13.6 Å². The van der Waals surface area contributed by atoms with Crippen molar-refractivity contribution < 1.29 is 17.9 Å². The zero-order valence-electron chi connectivity index (χ0n) is 15.6. The number of hydrogen-bond acceptors (Lipinski definition) is 5. The fourth-order valence-electron chi connectivity index (χ4n) is 2.68. The third kappa shape index (κ3) is 4.56. The van der Waals surface area contributed by atoms with Crippen molar-refractivity contribution in [3.8, 4) is 0 Å². The maximum atomic E-state index is 12.6. The monoisotopic (exact) mass is 419 g/mol. The Bertz CT molecular complexity index is 1180. The van der Waals surface area contributed by atoms with Gasteiger partial charge in [-0.15, -0.1) is 0 Å². The molecule has 2 aromatic carbocycles. The van der Waals surface area contributed by atoms with Gasteiger partial charge >= 0.3 is 0 Å². The summed E-state index contributed by atoms with van der Waals surface area (Å²) in [5.74, 6) is -0.358. The van der Waals surface area contributed by atoms with E-state index in [2.05, 4.69) is 4.99 Å². The summed E-state index contributed by atoms with van der Waals surface area (Å²) in [4.78, 5) is 17.4. The van der Waals surface area contributed by atoms with Crippen LogP contribution in [0.15, 0.2) is 52.4 Å². The van der Waals surface area contributed by atoms with Crippen LogP contribution in [0.5, 0.6) is 0 Å². The lowest BCUT2D eigenvalue weighted by Gasteiger charge is -2.06. The molecule has 0 unspecified atom stereocenters. The van der Waals surface area contributed by atoms with E-state index in [4.69, 9.17) is 9.88 Å². The molecule has 0 spiro atoms. The molecular weight excluding hydrogens is 398 g/mol. The van der Waals surface area contributed by atoms with E-state index in [0.29, 0.717) is 34.8 Å². The molecule has 2 N–H and O–H groups in total. The van der Waals surface area contributed by atoms with Gasteiger partial charge in [0.15, 0.2) is 4.80 Å². The molecule has 3 rings (SSSR count). The molecule has 0 saturated carbocycles. The molecular formula is C19H21N3O4S2. The minimum atomic E-state index is -3.81. The van der Waals surface area contributed by atoms with Crippen molar-refractivity contribution in [1.82, 2.24) is 4.57 Å². The van der Waals surface area contributed by atoms with E-state index in [0.717, 1.165) is 11.1 Å². The van der Waals surface area contributed by atoms with Gasteiger partial charge in [-0.3, -0.25) is 4.79 Å². The maximum Gasteiger partial charge on any atom is 0.279 e. The Morgan fingerprint density at radius 3 is 2.57 bits per heavy atom. The minimum absolute atomic E-state index is 0.0228. The van der Waals surface area contributed by atoms with Crippen molar-refractivity contribution in [3.05, 3.63) is 58.4 Å². The van der Waals surface area contributed by atoms with E-state index in [9.17, 15) is 13.2 Å². The number of aryl methyl sites for hydroxylation is 1. The molecule has 1 heterocycles. The number of ether oxygens (including phenoxy) is 1. The highest BCUT2D eigenvalue weighted by atomic mass is 32.2. The van der Waals surface area contributed by atoms with Crippen LogP contribution in [0.4, 0.5) is 0 Å². The summed E-state index contributed by atoms with van der Waals surface area (Å²) in [5.41, 5.74) is 2.32. The molecule has 3 aromatic rings. The SMILES string of the molecule is CCOCCn1c(=NC(=O)c2ccc(C)cc2)sc2cc(S(N)(=O)=O)ccc21. The first-order valence-corrected chi connectivity index (χ1v) is 11.1. The second-order valence-electron chi connectivity index (χ2n) is 6.19. The lowest BCUT2D eigenvalue weighted by molar-refractivity contribution is 0.0996. The van der Waals surface area contributed by atoms with E-state index in [1.807, 2.05) is 30.5 Å². The van der Waals surface area contributed by atoms with Crippen LogP contribution in [0.2, 0.25) is 0 Å². The summed E-state index contributed by atoms with van der Waals surface area (Å²) in [6, 6.07) is 11.8. The summed E-state index contributed by atoms with van der Waals surface area (Å²) in [7, 11) is -3.81. The summed E-state index contributed by atoms with van der Waals surface area (Å²) in [6.07, 6.45) is 0. The van der Waals surface area contributed by atoms with Gasteiger partial charge < -0.3 is 9.30 Å². The normalized spacial score (nSPS) is 12.6. The van der Waals surface area contributed by atoms with Crippen LogP contribution >= 0.6 is 11.3 Å². The van der Waals surface area contributed by atoms with Gasteiger partial charge in [0.25, 0.3) is 5.91 Å². The van der Waals surface area contributed by atoms with Crippen LogP contribution in [-0.2, 0) is 21.3 Å². The number of nitrogens with two attached hydrogens (primary N) is 1. The first-order chi connectivity index (χ1) is 13.3. The summed E-state index contributed by atoms with van der Waals surface area (Å²) < 4.78 is 31.3. The number of amides is 1. The van der Waals surface area contributed by atoms with E-state index in [1.165, 1.54) is 23.5 Å². The highest BCUT2D eigenvalue weighted by Crippen LogP contribution is 2.21. The Morgan fingerprint density at radius 2 is 1.93 bits per heavy atom. The summed E-state index contributed by atoms with van der Waals surface area (Å²) >= 11 is 1.24. The van der Waals surface area contributed by atoms with Gasteiger partial charge in [0.05, 0.1) is 21.7 Å². The number of carbonyl (C=O) groups is 1. The predicted octanol–water partition coefficient (Wildman–Crippen LogP) is 2.44. The molecule has 0 bridgehead atoms. The van der Waals surface area contributed by atoms with Gasteiger partial charge in [-0.05, 0) is 44.2 Å². The lowest BCUT2D eigenvalue weighted by atomic mass is 10.1. The quantitative estimate of drug-likeness (QED) is 0.620. The molecule has 148 valence electrons. The van der Waals surface area contributed by atoms with Crippen molar-refractivity contribution in [2.24, 2.45) is 10.1 Å². The van der Waals surface area contributed by atoms with E-state index >= 15 is 0 Å². The van der Waals surface area contributed by atoms with Gasteiger partial charge in [0.1, 0.15) is 0 Å². The van der Waals surface area contributed by atoms with E-state index in [-0.39, 0.29) is 10.8 Å². The third-order valence-corrected chi connectivity index (χ3v) is 6.09. The first kappa shape index (κ1) is 20.4. The number of primary sulfonamides is 1. The van der Waals surface area contributed by atoms with Crippen LogP contribution in [0.25, 0.3) is 10.2 Å². The van der Waals surface area contributed by atoms with Crippen molar-refractivity contribution in [1.29, 1.82) is 0 Å². The van der Waals surface area contributed by atoms with E-state index < -0.39 is 10.0 Å². The fourth-order valence-corrected chi connectivity index (χ4v) is 4.39. The fraction of sp³-hybridized carbons (Fsp3) is 0.263. The van der Waals surface area contributed by atoms with Crippen LogP contribution in [0.3, 0.4) is 0 Å². The zero-order valence-corrected chi connectivity index (χ0v) is 17.2.